The molecule has 0 aromatic heterocycles. The Bertz CT molecular complexity index is 614. The number of benzene rings is 2. The minimum atomic E-state index is 0.574. The molecular formula is C17H20N2O2S. The second kappa shape index (κ2) is 8.24. The second-order valence-electron chi connectivity index (χ2n) is 4.49. The lowest BCUT2D eigenvalue weighted by Gasteiger charge is -2.14. The van der Waals surface area contributed by atoms with E-state index in [1.54, 1.807) is 0 Å². The molecular weight excluding hydrogens is 296 g/mol. The highest BCUT2D eigenvalue weighted by Crippen LogP contribution is 2.30. The zero-order chi connectivity index (χ0) is 15.8. The summed E-state index contributed by atoms with van der Waals surface area (Å²) in [7, 11) is 0. The molecule has 5 heteroatoms. The van der Waals surface area contributed by atoms with E-state index in [2.05, 4.69) is 10.6 Å². The summed E-state index contributed by atoms with van der Waals surface area (Å²) in [5, 5.41) is 6.76. The Balaban J connectivity index is 2.10. The van der Waals surface area contributed by atoms with Crippen molar-refractivity contribution in [3.8, 4) is 17.2 Å². The molecule has 0 atom stereocenters. The maximum absolute atomic E-state index is 5.92. The molecule has 2 aromatic carbocycles. The quantitative estimate of drug-likeness (QED) is 0.783. The molecule has 2 aromatic rings. The Labute approximate surface area is 136 Å². The van der Waals surface area contributed by atoms with E-state index >= 15 is 0 Å². The summed E-state index contributed by atoms with van der Waals surface area (Å²) in [5.74, 6) is 2.29. The number of rotatable bonds is 6. The van der Waals surface area contributed by atoms with Crippen molar-refractivity contribution < 1.29 is 9.47 Å². The van der Waals surface area contributed by atoms with Crippen molar-refractivity contribution in [3.05, 3.63) is 48.5 Å². The number of anilines is 1. The largest absolute Gasteiger partial charge is 0.494 e. The molecule has 0 saturated heterocycles. The summed E-state index contributed by atoms with van der Waals surface area (Å²) < 4.78 is 11.3. The van der Waals surface area contributed by atoms with E-state index < -0.39 is 0 Å². The standard InChI is InChI=1S/C17H20N2O2S/c1-3-18-17(22)19-15-7-5-6-8-16(15)21-14-11-9-13(10-12-14)20-4-2/h5-12H,3-4H2,1-2H3,(H2,18,19,22). The van der Waals surface area contributed by atoms with Crippen LogP contribution < -0.4 is 20.1 Å². The molecule has 0 spiro atoms. The number of hydrogen-bond donors (Lipinski definition) is 2. The van der Waals surface area contributed by atoms with Crippen LogP contribution >= 0.6 is 12.2 Å². The number of nitrogens with one attached hydrogen (secondary N) is 2. The molecule has 2 N–H and O–H groups in total. The lowest BCUT2D eigenvalue weighted by molar-refractivity contribution is 0.339. The average Bonchev–Trinajstić information content (AvgIpc) is 2.52. The number of ether oxygens (including phenoxy) is 2. The maximum atomic E-state index is 5.92. The third-order valence-electron chi connectivity index (χ3n) is 2.84. The number of hydrogen-bond acceptors (Lipinski definition) is 3. The molecule has 0 heterocycles. The van der Waals surface area contributed by atoms with Gasteiger partial charge >= 0.3 is 0 Å². The number of para-hydroxylation sites is 2. The van der Waals surface area contributed by atoms with Crippen molar-refractivity contribution in [1.82, 2.24) is 5.32 Å². The highest BCUT2D eigenvalue weighted by atomic mass is 32.1. The van der Waals surface area contributed by atoms with Crippen molar-refractivity contribution in [2.75, 3.05) is 18.5 Å². The van der Waals surface area contributed by atoms with Gasteiger partial charge in [-0.05, 0) is 62.5 Å². The van der Waals surface area contributed by atoms with Gasteiger partial charge in [-0.1, -0.05) is 12.1 Å². The Morgan fingerprint density at radius 1 is 1.00 bits per heavy atom. The third kappa shape index (κ3) is 4.63. The Morgan fingerprint density at radius 2 is 1.68 bits per heavy atom. The topological polar surface area (TPSA) is 42.5 Å². The van der Waals surface area contributed by atoms with E-state index in [0.29, 0.717) is 17.5 Å². The van der Waals surface area contributed by atoms with Crippen molar-refractivity contribution >= 4 is 23.0 Å². The Hall–Kier alpha value is -2.27. The van der Waals surface area contributed by atoms with Crippen LogP contribution in [0.15, 0.2) is 48.5 Å². The minimum absolute atomic E-state index is 0.574. The van der Waals surface area contributed by atoms with Crippen molar-refractivity contribution in [2.24, 2.45) is 0 Å². The van der Waals surface area contributed by atoms with E-state index in [1.165, 1.54) is 0 Å². The van der Waals surface area contributed by atoms with Gasteiger partial charge in [-0.15, -0.1) is 0 Å². The van der Waals surface area contributed by atoms with Gasteiger partial charge in [0.1, 0.15) is 11.5 Å². The van der Waals surface area contributed by atoms with E-state index in [4.69, 9.17) is 21.7 Å². The van der Waals surface area contributed by atoms with Crippen LogP contribution in [0, 0.1) is 0 Å². The van der Waals surface area contributed by atoms with Gasteiger partial charge in [-0.25, -0.2) is 0 Å². The molecule has 22 heavy (non-hydrogen) atoms. The fraction of sp³-hybridized carbons (Fsp3) is 0.235. The lowest BCUT2D eigenvalue weighted by atomic mass is 10.3. The molecule has 4 nitrogen and oxygen atoms in total. The molecule has 0 bridgehead atoms. The second-order valence-corrected chi connectivity index (χ2v) is 4.90. The van der Waals surface area contributed by atoms with Crippen molar-refractivity contribution in [3.63, 3.8) is 0 Å². The van der Waals surface area contributed by atoms with E-state index in [1.807, 2.05) is 62.4 Å². The summed E-state index contributed by atoms with van der Waals surface area (Å²) >= 11 is 5.21. The third-order valence-corrected chi connectivity index (χ3v) is 3.08. The van der Waals surface area contributed by atoms with Crippen molar-refractivity contribution in [2.45, 2.75) is 13.8 Å². The molecule has 116 valence electrons. The van der Waals surface area contributed by atoms with Gasteiger partial charge in [0.05, 0.1) is 12.3 Å². The van der Waals surface area contributed by atoms with Crippen molar-refractivity contribution in [1.29, 1.82) is 0 Å². The predicted molar refractivity (Wildman–Crippen MR) is 94.0 cm³/mol. The molecule has 0 fully saturated rings. The SMILES string of the molecule is CCNC(=S)Nc1ccccc1Oc1ccc(OCC)cc1. The van der Waals surface area contributed by atoms with Gasteiger partial charge < -0.3 is 20.1 Å². The molecule has 0 saturated carbocycles. The summed E-state index contributed by atoms with van der Waals surface area (Å²) in [6.45, 7) is 5.37. The molecule has 0 aliphatic carbocycles. The van der Waals surface area contributed by atoms with Crippen LogP contribution in [0.2, 0.25) is 0 Å². The molecule has 0 amide bonds. The first-order chi connectivity index (χ1) is 10.7. The normalized spacial score (nSPS) is 9.91. The zero-order valence-electron chi connectivity index (χ0n) is 12.8. The minimum Gasteiger partial charge on any atom is -0.494 e. The Kier molecular flexibility index (Phi) is 6.03. The van der Waals surface area contributed by atoms with Crippen LogP contribution in [0.1, 0.15) is 13.8 Å². The fourth-order valence-corrected chi connectivity index (χ4v) is 2.14. The Morgan fingerprint density at radius 3 is 2.36 bits per heavy atom. The molecule has 0 aliphatic rings. The molecule has 0 aliphatic heterocycles. The van der Waals surface area contributed by atoms with Gasteiger partial charge in [-0.3, -0.25) is 0 Å². The predicted octanol–water partition coefficient (Wildman–Crippen LogP) is 4.18. The summed E-state index contributed by atoms with van der Waals surface area (Å²) in [6.07, 6.45) is 0. The average molecular weight is 316 g/mol. The molecule has 2 rings (SSSR count). The van der Waals surface area contributed by atoms with E-state index in [-0.39, 0.29) is 0 Å². The van der Waals surface area contributed by atoms with Crippen LogP contribution in [0.3, 0.4) is 0 Å². The molecule has 0 radical (unpaired) electrons. The summed E-state index contributed by atoms with van der Waals surface area (Å²) in [5.41, 5.74) is 0.822. The van der Waals surface area contributed by atoms with Gasteiger partial charge in [-0.2, -0.15) is 0 Å². The van der Waals surface area contributed by atoms with Gasteiger partial charge in [0.25, 0.3) is 0 Å². The zero-order valence-corrected chi connectivity index (χ0v) is 13.6. The first kappa shape index (κ1) is 16.1. The van der Waals surface area contributed by atoms with Gasteiger partial charge in [0.15, 0.2) is 10.9 Å². The van der Waals surface area contributed by atoms with Gasteiger partial charge in [0, 0.05) is 6.54 Å². The maximum Gasteiger partial charge on any atom is 0.170 e. The van der Waals surface area contributed by atoms with Crippen LogP contribution in [0.5, 0.6) is 17.2 Å². The highest BCUT2D eigenvalue weighted by Gasteiger charge is 2.06. The fourth-order valence-electron chi connectivity index (χ4n) is 1.88. The first-order valence-corrected chi connectivity index (χ1v) is 7.68. The lowest BCUT2D eigenvalue weighted by Crippen LogP contribution is -2.28. The summed E-state index contributed by atoms with van der Waals surface area (Å²) in [4.78, 5) is 0. The van der Waals surface area contributed by atoms with E-state index in [9.17, 15) is 0 Å². The van der Waals surface area contributed by atoms with Crippen LogP contribution in [0.25, 0.3) is 0 Å². The summed E-state index contributed by atoms with van der Waals surface area (Å²) in [6, 6.07) is 15.2. The van der Waals surface area contributed by atoms with E-state index in [0.717, 1.165) is 23.7 Å². The van der Waals surface area contributed by atoms with Gasteiger partial charge in [0.2, 0.25) is 0 Å². The monoisotopic (exact) mass is 316 g/mol. The van der Waals surface area contributed by atoms with Crippen LogP contribution in [-0.4, -0.2) is 18.3 Å². The first-order valence-electron chi connectivity index (χ1n) is 7.27. The van der Waals surface area contributed by atoms with Crippen LogP contribution in [-0.2, 0) is 0 Å². The smallest absolute Gasteiger partial charge is 0.170 e. The highest BCUT2D eigenvalue weighted by molar-refractivity contribution is 7.80. The number of thiocarbonyl (C=S) groups is 1. The van der Waals surface area contributed by atoms with Crippen LogP contribution in [0.4, 0.5) is 5.69 Å². The molecule has 0 unspecified atom stereocenters.